The molecule has 0 saturated heterocycles. The molecule has 0 radical (unpaired) electrons. The first-order chi connectivity index (χ1) is 8.95. The van der Waals surface area contributed by atoms with Gasteiger partial charge in [-0.1, -0.05) is 40.9 Å². The molecule has 5 heteroatoms. The fourth-order valence-corrected chi connectivity index (χ4v) is 2.43. The molecule has 0 heterocycles. The fraction of sp³-hybridized carbons (Fsp3) is 0.0714. The zero-order valence-electron chi connectivity index (χ0n) is 9.79. The van der Waals surface area contributed by atoms with E-state index in [1.807, 2.05) is 0 Å². The molecule has 0 aliphatic rings. The fourth-order valence-electron chi connectivity index (χ4n) is 1.71. The first-order valence-electron chi connectivity index (χ1n) is 5.49. The lowest BCUT2D eigenvalue weighted by atomic mass is 10.0. The Labute approximate surface area is 126 Å². The van der Waals surface area contributed by atoms with Crippen LogP contribution >= 0.6 is 34.8 Å². The molecular weight excluding hydrogens is 305 g/mol. The number of carbonyl (C=O) groups excluding carboxylic acids is 1. The number of anilines is 1. The van der Waals surface area contributed by atoms with Gasteiger partial charge in [0.2, 0.25) is 0 Å². The zero-order chi connectivity index (χ0) is 14.0. The molecule has 0 fully saturated rings. The van der Waals surface area contributed by atoms with Crippen LogP contribution in [0.2, 0.25) is 15.1 Å². The molecule has 19 heavy (non-hydrogen) atoms. The van der Waals surface area contributed by atoms with Gasteiger partial charge in [-0.05, 0) is 35.9 Å². The number of halogens is 3. The van der Waals surface area contributed by atoms with E-state index < -0.39 is 0 Å². The number of ketones is 1. The Morgan fingerprint density at radius 1 is 1.00 bits per heavy atom. The normalized spacial score (nSPS) is 10.5. The van der Waals surface area contributed by atoms with Gasteiger partial charge in [0.1, 0.15) is 0 Å². The minimum atomic E-state index is -0.0987. The standard InChI is InChI=1S/C14H10Cl3NO/c15-10-2-1-8(13(17)7-10)5-14(19)9-3-11(16)6-12(18)4-9/h1-4,6-7H,5,18H2. The molecule has 0 amide bonds. The molecule has 2 aromatic rings. The number of carbonyl (C=O) groups is 1. The molecule has 0 aliphatic heterocycles. The predicted molar refractivity (Wildman–Crippen MR) is 80.4 cm³/mol. The topological polar surface area (TPSA) is 43.1 Å². The van der Waals surface area contributed by atoms with Crippen molar-refractivity contribution >= 4 is 46.3 Å². The number of benzene rings is 2. The van der Waals surface area contributed by atoms with Crippen molar-refractivity contribution < 1.29 is 4.79 Å². The van der Waals surface area contributed by atoms with E-state index in [1.54, 1.807) is 36.4 Å². The van der Waals surface area contributed by atoms with Crippen LogP contribution in [0.4, 0.5) is 5.69 Å². The number of nitrogens with two attached hydrogens (primary N) is 1. The Hall–Kier alpha value is -1.22. The highest BCUT2D eigenvalue weighted by molar-refractivity contribution is 6.35. The van der Waals surface area contributed by atoms with E-state index >= 15 is 0 Å². The van der Waals surface area contributed by atoms with E-state index in [9.17, 15) is 4.79 Å². The third kappa shape index (κ3) is 3.63. The van der Waals surface area contributed by atoms with Gasteiger partial charge in [0.05, 0.1) is 0 Å². The number of hydrogen-bond acceptors (Lipinski definition) is 2. The summed E-state index contributed by atoms with van der Waals surface area (Å²) in [6, 6.07) is 9.81. The summed E-state index contributed by atoms with van der Waals surface area (Å²) < 4.78 is 0. The summed E-state index contributed by atoms with van der Waals surface area (Å²) in [5.74, 6) is -0.0987. The van der Waals surface area contributed by atoms with Crippen LogP contribution in [-0.4, -0.2) is 5.78 Å². The largest absolute Gasteiger partial charge is 0.399 e. The highest BCUT2D eigenvalue weighted by Crippen LogP contribution is 2.23. The number of nitrogen functional groups attached to an aromatic ring is 1. The summed E-state index contributed by atoms with van der Waals surface area (Å²) in [7, 11) is 0. The van der Waals surface area contributed by atoms with Crippen LogP contribution in [0.3, 0.4) is 0 Å². The van der Waals surface area contributed by atoms with Gasteiger partial charge in [-0.2, -0.15) is 0 Å². The van der Waals surface area contributed by atoms with Crippen molar-refractivity contribution in [2.75, 3.05) is 5.73 Å². The summed E-state index contributed by atoms with van der Waals surface area (Å²) >= 11 is 17.7. The first-order valence-corrected chi connectivity index (χ1v) is 6.62. The van der Waals surface area contributed by atoms with E-state index in [-0.39, 0.29) is 12.2 Å². The Morgan fingerprint density at radius 3 is 2.37 bits per heavy atom. The van der Waals surface area contributed by atoms with Crippen molar-refractivity contribution in [3.05, 3.63) is 62.6 Å². The van der Waals surface area contributed by atoms with Gasteiger partial charge >= 0.3 is 0 Å². The molecule has 0 spiro atoms. The van der Waals surface area contributed by atoms with Gasteiger partial charge in [0.25, 0.3) is 0 Å². The Balaban J connectivity index is 2.25. The van der Waals surface area contributed by atoms with Crippen LogP contribution in [0.15, 0.2) is 36.4 Å². The van der Waals surface area contributed by atoms with Crippen LogP contribution in [0.5, 0.6) is 0 Å². The van der Waals surface area contributed by atoms with Crippen molar-refractivity contribution in [3.8, 4) is 0 Å². The Kier molecular flexibility index (Phi) is 4.35. The minimum Gasteiger partial charge on any atom is -0.399 e. The van der Waals surface area contributed by atoms with Crippen molar-refractivity contribution in [1.82, 2.24) is 0 Å². The molecule has 0 aromatic heterocycles. The van der Waals surface area contributed by atoms with Gasteiger partial charge in [-0.25, -0.2) is 0 Å². The van der Waals surface area contributed by atoms with Crippen LogP contribution in [0.1, 0.15) is 15.9 Å². The molecule has 2 N–H and O–H groups in total. The Bertz CT molecular complexity index is 620. The third-order valence-electron chi connectivity index (χ3n) is 2.61. The second-order valence-electron chi connectivity index (χ2n) is 4.11. The molecule has 0 bridgehead atoms. The van der Waals surface area contributed by atoms with E-state index in [2.05, 4.69) is 0 Å². The van der Waals surface area contributed by atoms with E-state index in [0.29, 0.717) is 26.3 Å². The van der Waals surface area contributed by atoms with Crippen LogP contribution in [0.25, 0.3) is 0 Å². The van der Waals surface area contributed by atoms with E-state index in [1.165, 1.54) is 0 Å². The molecule has 98 valence electrons. The molecular formula is C14H10Cl3NO. The molecule has 2 aromatic carbocycles. The summed E-state index contributed by atoms with van der Waals surface area (Å²) in [6.45, 7) is 0. The van der Waals surface area contributed by atoms with Gasteiger partial charge < -0.3 is 5.73 Å². The van der Waals surface area contributed by atoms with E-state index in [4.69, 9.17) is 40.5 Å². The maximum absolute atomic E-state index is 12.1. The first kappa shape index (κ1) is 14.2. The van der Waals surface area contributed by atoms with Crippen LogP contribution in [-0.2, 0) is 6.42 Å². The predicted octanol–water partition coefficient (Wildman–Crippen LogP) is 4.65. The molecule has 0 saturated carbocycles. The van der Waals surface area contributed by atoms with Gasteiger partial charge in [-0.3, -0.25) is 4.79 Å². The second kappa shape index (κ2) is 5.83. The summed E-state index contributed by atoms with van der Waals surface area (Å²) in [5, 5.41) is 1.44. The monoisotopic (exact) mass is 313 g/mol. The van der Waals surface area contributed by atoms with E-state index in [0.717, 1.165) is 5.56 Å². The maximum atomic E-state index is 12.1. The highest BCUT2D eigenvalue weighted by atomic mass is 35.5. The molecule has 0 unspecified atom stereocenters. The SMILES string of the molecule is Nc1cc(Cl)cc(C(=O)Cc2ccc(Cl)cc2Cl)c1. The van der Waals surface area contributed by atoms with Crippen LogP contribution < -0.4 is 5.73 Å². The summed E-state index contributed by atoms with van der Waals surface area (Å²) in [4.78, 5) is 12.1. The molecule has 2 nitrogen and oxygen atoms in total. The lowest BCUT2D eigenvalue weighted by Gasteiger charge is -2.06. The zero-order valence-corrected chi connectivity index (χ0v) is 12.1. The molecule has 0 atom stereocenters. The third-order valence-corrected chi connectivity index (χ3v) is 3.41. The maximum Gasteiger partial charge on any atom is 0.167 e. The number of Topliss-reactive ketones (excluding diaryl/α,β-unsaturated/α-hetero) is 1. The van der Waals surface area contributed by atoms with Crippen molar-refractivity contribution in [2.45, 2.75) is 6.42 Å². The number of rotatable bonds is 3. The van der Waals surface area contributed by atoms with Gasteiger partial charge in [0.15, 0.2) is 5.78 Å². The number of hydrogen-bond donors (Lipinski definition) is 1. The molecule has 2 rings (SSSR count). The highest BCUT2D eigenvalue weighted by Gasteiger charge is 2.11. The van der Waals surface area contributed by atoms with Crippen molar-refractivity contribution in [1.29, 1.82) is 0 Å². The van der Waals surface area contributed by atoms with Gasteiger partial charge in [0, 0.05) is 32.7 Å². The quantitative estimate of drug-likeness (QED) is 0.661. The average Bonchev–Trinajstić information content (AvgIpc) is 2.31. The second-order valence-corrected chi connectivity index (χ2v) is 5.39. The van der Waals surface area contributed by atoms with Gasteiger partial charge in [-0.15, -0.1) is 0 Å². The smallest absolute Gasteiger partial charge is 0.167 e. The molecule has 0 aliphatic carbocycles. The summed E-state index contributed by atoms with van der Waals surface area (Å²) in [6.07, 6.45) is 0.176. The van der Waals surface area contributed by atoms with Crippen LogP contribution in [0, 0.1) is 0 Å². The summed E-state index contributed by atoms with van der Waals surface area (Å²) in [5.41, 5.74) is 7.30. The average molecular weight is 315 g/mol. The minimum absolute atomic E-state index is 0.0987. The van der Waals surface area contributed by atoms with Crippen molar-refractivity contribution in [3.63, 3.8) is 0 Å². The lowest BCUT2D eigenvalue weighted by molar-refractivity contribution is 0.0993. The van der Waals surface area contributed by atoms with Crippen molar-refractivity contribution in [2.24, 2.45) is 0 Å². The lowest BCUT2D eigenvalue weighted by Crippen LogP contribution is -2.05. The Morgan fingerprint density at radius 2 is 1.74 bits per heavy atom.